The summed E-state index contributed by atoms with van der Waals surface area (Å²) in [5.74, 6) is -1.46. The maximum Gasteiger partial charge on any atom is 0.365 e. The van der Waals surface area contributed by atoms with Crippen molar-refractivity contribution in [1.82, 2.24) is 15.2 Å². The van der Waals surface area contributed by atoms with E-state index in [2.05, 4.69) is 15.3 Å². The number of nitrogens with zero attached hydrogens (tertiary/aromatic N) is 2. The van der Waals surface area contributed by atoms with E-state index in [9.17, 15) is 54.9 Å². The van der Waals surface area contributed by atoms with Crippen molar-refractivity contribution < 1.29 is 73.7 Å². The van der Waals surface area contributed by atoms with Crippen LogP contribution in [0.5, 0.6) is 17.2 Å². The number of rotatable bonds is 20. The Kier molecular flexibility index (Phi) is 16.9. The van der Waals surface area contributed by atoms with Gasteiger partial charge in [-0.2, -0.15) is 0 Å². The van der Waals surface area contributed by atoms with Crippen LogP contribution < -0.4 is 30.1 Å². The average molecular weight is 1140 g/mol. The molecule has 0 saturated carbocycles. The zero-order valence-electron chi connectivity index (χ0n) is 45.1. The second-order valence-electron chi connectivity index (χ2n) is 21.0. The highest BCUT2D eigenvalue weighted by Gasteiger charge is 2.46. The number of ether oxygens (including phenoxy) is 3. The van der Waals surface area contributed by atoms with Gasteiger partial charge in [-0.15, -0.1) is 11.6 Å². The Bertz CT molecular complexity index is 3780. The second kappa shape index (κ2) is 24.2. The maximum absolute atomic E-state index is 14.6. The molecule has 1 aliphatic carbocycles. The Morgan fingerprint density at radius 3 is 2.44 bits per heavy atom. The molecule has 5 aromatic carbocycles. The quantitative estimate of drug-likeness (QED) is 0.0151. The van der Waals surface area contributed by atoms with Crippen LogP contribution in [-0.4, -0.2) is 152 Å². The number of carboxylic acid groups (broad SMARTS) is 1. The normalized spacial score (nSPS) is 19.5. The number of aromatic carboxylic acids is 1. The van der Waals surface area contributed by atoms with Gasteiger partial charge in [-0.25, -0.2) is 9.79 Å². The third-order valence-corrected chi connectivity index (χ3v) is 15.4. The van der Waals surface area contributed by atoms with Gasteiger partial charge >= 0.3 is 11.9 Å². The van der Waals surface area contributed by atoms with Crippen LogP contribution in [0.2, 0.25) is 0 Å². The number of likely N-dealkylation sites (N-methyl/N-ethyl adjacent to an activating group) is 1. The molecule has 0 unspecified atom stereocenters. The number of hydrogen-bond donors (Lipinski definition) is 10. The topological polar surface area (TPSA) is 299 Å². The van der Waals surface area contributed by atoms with Crippen LogP contribution in [0.4, 0.5) is 5.69 Å². The van der Waals surface area contributed by atoms with E-state index < -0.39 is 48.7 Å². The fraction of sp³-hybridized carbons (Fsp3) is 0.328. The summed E-state index contributed by atoms with van der Waals surface area (Å²) >= 11 is 6.93. The molecule has 0 bridgehead atoms. The highest BCUT2D eigenvalue weighted by molar-refractivity contribution is 6.22. The molecule has 10 rings (SSSR count). The molecule has 10 N–H and O–H groups in total. The van der Waals surface area contributed by atoms with Crippen LogP contribution >= 0.6 is 11.6 Å². The lowest BCUT2D eigenvalue weighted by Gasteiger charge is -2.39. The lowest BCUT2D eigenvalue weighted by atomic mass is 9.90. The SMILES string of the molecule is C[C@@H](Cl)[C@@H]1CN(C(=O)c2cc3cc(OCCN(C)C)ccc3[nH]2)c2cc(O[C@@H]3O[C@H](CO)[C@H](O)[C@H](O)[C@H]3O)c3cc(CNC(=O)CCCCC[NH+]=C(O)c4ccc(-c5c6ccc(=O)cc-6oc6cc(O)ccc56)c(C(=O)O)c4)ccc3c21. The molecule has 7 atom stereocenters. The molecule has 1 saturated heterocycles. The maximum atomic E-state index is 14.6. The summed E-state index contributed by atoms with van der Waals surface area (Å²) in [5.41, 5.74) is 4.30. The Balaban J connectivity index is 0.824. The van der Waals surface area contributed by atoms with Crippen molar-refractivity contribution in [2.24, 2.45) is 0 Å². The molecule has 20 nitrogen and oxygen atoms in total. The molecule has 0 radical (unpaired) electrons. The summed E-state index contributed by atoms with van der Waals surface area (Å²) in [6, 6.07) is 27.6. The highest BCUT2D eigenvalue weighted by Crippen LogP contribution is 2.49. The van der Waals surface area contributed by atoms with Crippen molar-refractivity contribution in [1.29, 1.82) is 0 Å². The fourth-order valence-electron chi connectivity index (χ4n) is 10.7. The number of halogens is 1. The number of hydrogen-bond acceptors (Lipinski definition) is 14. The van der Waals surface area contributed by atoms with Gasteiger partial charge in [-0.05, 0) is 123 Å². The smallest absolute Gasteiger partial charge is 0.365 e. The number of aromatic amines is 1. The lowest BCUT2D eigenvalue weighted by Crippen LogP contribution is -2.73. The number of anilines is 1. The molecular weight excluding hydrogens is 1080 g/mol. The summed E-state index contributed by atoms with van der Waals surface area (Å²) in [4.78, 5) is 62.7. The number of alkyl halides is 1. The fourth-order valence-corrected chi connectivity index (χ4v) is 10.9. The van der Waals surface area contributed by atoms with Gasteiger partial charge in [0.25, 0.3) is 5.91 Å². The first-order valence-electron chi connectivity index (χ1n) is 26.9. The number of nitrogens with one attached hydrogen (secondary N) is 3. The molecule has 21 heteroatoms. The minimum Gasteiger partial charge on any atom is -0.508 e. The van der Waals surface area contributed by atoms with Crippen molar-refractivity contribution in [3.05, 3.63) is 141 Å². The number of amides is 2. The molecule has 0 spiro atoms. The number of phenolic OH excluding ortho intramolecular Hbond substituents is 1. The van der Waals surface area contributed by atoms with E-state index in [1.165, 1.54) is 30.3 Å². The number of unbranched alkanes of at least 4 members (excludes halogenated alkanes) is 2. The summed E-state index contributed by atoms with van der Waals surface area (Å²) in [5, 5.41) is 78.9. The lowest BCUT2D eigenvalue weighted by molar-refractivity contribution is -0.466. The number of aromatic nitrogens is 1. The summed E-state index contributed by atoms with van der Waals surface area (Å²) in [6.07, 6.45) is -6.02. The molecule has 1 aromatic heterocycles. The van der Waals surface area contributed by atoms with Gasteiger partial charge in [0.15, 0.2) is 5.43 Å². The van der Waals surface area contributed by atoms with E-state index in [1.54, 1.807) is 41.3 Å². The van der Waals surface area contributed by atoms with E-state index in [0.29, 0.717) is 88.0 Å². The van der Waals surface area contributed by atoms with Gasteiger partial charge in [0.2, 0.25) is 12.2 Å². The molecule has 4 aliphatic rings. The molecular formula is C61H63ClN5O15+. The molecule has 82 heavy (non-hydrogen) atoms. The van der Waals surface area contributed by atoms with Crippen LogP contribution in [0, 0.1) is 0 Å². The van der Waals surface area contributed by atoms with Crippen molar-refractivity contribution >= 4 is 73.6 Å². The first-order valence-corrected chi connectivity index (χ1v) is 27.4. The monoisotopic (exact) mass is 1140 g/mol. The van der Waals surface area contributed by atoms with E-state index in [0.717, 1.165) is 23.0 Å². The zero-order valence-corrected chi connectivity index (χ0v) is 45.9. The number of carbonyl (C=O) groups excluding carboxylic acids is 2. The molecule has 6 aromatic rings. The Morgan fingerprint density at radius 1 is 0.878 bits per heavy atom. The second-order valence-corrected chi connectivity index (χ2v) is 21.7. The molecule has 2 amide bonds. The van der Waals surface area contributed by atoms with E-state index >= 15 is 0 Å². The Labute approximate surface area is 474 Å². The molecule has 3 aliphatic heterocycles. The van der Waals surface area contributed by atoms with Gasteiger partial charge < -0.3 is 74.5 Å². The van der Waals surface area contributed by atoms with Crippen LogP contribution in [0.1, 0.15) is 76.1 Å². The number of aliphatic hydroxyl groups is 5. The predicted octanol–water partition coefficient (Wildman–Crippen LogP) is 5.36. The Hall–Kier alpha value is -8.08. The number of aromatic hydroxyl groups is 1. The summed E-state index contributed by atoms with van der Waals surface area (Å²) in [6.45, 7) is 3.03. The number of carboxylic acids is 1. The van der Waals surface area contributed by atoms with Crippen LogP contribution in [0.25, 0.3) is 55.1 Å². The van der Waals surface area contributed by atoms with E-state index in [4.69, 9.17) is 30.2 Å². The molecule has 1 fully saturated rings. The van der Waals surface area contributed by atoms with Crippen LogP contribution in [0.15, 0.2) is 112 Å². The first-order chi connectivity index (χ1) is 39.4. The minimum absolute atomic E-state index is 0.0753. The number of phenols is 1. The van der Waals surface area contributed by atoms with Gasteiger partial charge in [0, 0.05) is 94.8 Å². The van der Waals surface area contributed by atoms with Crippen LogP contribution in [-0.2, 0) is 16.1 Å². The van der Waals surface area contributed by atoms with Gasteiger partial charge in [0.1, 0.15) is 71.9 Å². The third-order valence-electron chi connectivity index (χ3n) is 15.1. The third kappa shape index (κ3) is 11.8. The number of carbonyl (C=O) groups is 3. The highest BCUT2D eigenvalue weighted by atomic mass is 35.5. The number of benzene rings is 6. The first kappa shape index (κ1) is 57.2. The average Bonchev–Trinajstić information content (AvgIpc) is 4.16. The van der Waals surface area contributed by atoms with Gasteiger partial charge in [0.05, 0.1) is 23.4 Å². The van der Waals surface area contributed by atoms with E-state index in [-0.39, 0.29) is 82.5 Å². The largest absolute Gasteiger partial charge is 0.508 e. The molecule has 4 heterocycles. The number of fused-ring (bicyclic) bond motifs is 6. The minimum atomic E-state index is -1.74. The zero-order chi connectivity index (χ0) is 58.1. The number of aliphatic hydroxyl groups excluding tert-OH is 5. The van der Waals surface area contributed by atoms with Crippen LogP contribution in [0.3, 0.4) is 0 Å². The van der Waals surface area contributed by atoms with Gasteiger partial charge in [-0.3, -0.25) is 14.4 Å². The predicted molar refractivity (Wildman–Crippen MR) is 306 cm³/mol. The summed E-state index contributed by atoms with van der Waals surface area (Å²) in [7, 11) is 3.92. The van der Waals surface area contributed by atoms with E-state index in [1.807, 2.05) is 62.3 Å². The van der Waals surface area contributed by atoms with Crippen molar-refractivity contribution in [2.75, 3.05) is 51.8 Å². The summed E-state index contributed by atoms with van der Waals surface area (Å²) < 4.78 is 24.0. The van der Waals surface area contributed by atoms with Crippen molar-refractivity contribution in [3.8, 4) is 39.7 Å². The Morgan fingerprint density at radius 2 is 1.67 bits per heavy atom. The number of H-pyrrole nitrogens is 1. The molecule has 428 valence electrons. The van der Waals surface area contributed by atoms with Crippen molar-refractivity contribution in [2.45, 2.75) is 81.2 Å². The van der Waals surface area contributed by atoms with Gasteiger partial charge in [-0.1, -0.05) is 18.2 Å². The standard InChI is InChI=1S/C61H62ClN5O15/c1-31(62)44-29-67(59(76)46-24-34-22-37(12-17-45(34)65-46)79-20-19-66(2)3)47-27-50(81-61-57(74)56(73)55(72)51(30-68)82-61)42-21-32(8-13-38(42)54(44)47)28-64-52(71)7-5-4-6-18-63-58(75)33-9-14-39(43(23-33)60(77)78)53-40-15-10-35(69)25-48(40)80-49-26-36(70)11-16-41(49)53/h8-17,21-27,31,44,51,55-57,61,65,68-69,72-74H,4-7,18-20,28-30H2,1-3H3,(H,63,75)(H,64,71)(H,77,78)/p+1/t31-,44+,51-,55+,56+,57-,61-/m1/s1. The van der Waals surface area contributed by atoms with Crippen molar-refractivity contribution in [3.63, 3.8) is 0 Å².